The lowest BCUT2D eigenvalue weighted by Crippen LogP contribution is -2.16. The minimum Gasteiger partial charge on any atom is -0.496 e. The molecule has 0 atom stereocenters. The number of hydrogen-bond acceptors (Lipinski definition) is 1. The first-order chi connectivity index (χ1) is 7.03. The van der Waals surface area contributed by atoms with E-state index in [1.165, 1.54) is 5.56 Å². The highest BCUT2D eigenvalue weighted by atomic mass is 28.3. The maximum Gasteiger partial charge on any atom is 0.129 e. The molecule has 2 heteroatoms. The van der Waals surface area contributed by atoms with E-state index >= 15 is 0 Å². The van der Waals surface area contributed by atoms with Gasteiger partial charge in [0, 0.05) is 12.0 Å². The van der Waals surface area contributed by atoms with Gasteiger partial charge in [0.05, 0.1) is 7.11 Å². The fraction of sp³-hybridized carbons (Fsp3) is 0.385. The summed E-state index contributed by atoms with van der Waals surface area (Å²) >= 11 is 0. The van der Waals surface area contributed by atoms with Gasteiger partial charge < -0.3 is 4.74 Å². The minimum atomic E-state index is -1.24. The monoisotopic (exact) mass is 218 g/mol. The molecule has 0 amide bonds. The second-order valence-corrected chi connectivity index (χ2v) is 9.29. The maximum atomic E-state index is 5.27. The van der Waals surface area contributed by atoms with E-state index in [9.17, 15) is 0 Å². The van der Waals surface area contributed by atoms with Crippen LogP contribution in [0.3, 0.4) is 0 Å². The predicted molar refractivity (Wildman–Crippen MR) is 67.8 cm³/mol. The van der Waals surface area contributed by atoms with E-state index in [1.54, 1.807) is 7.11 Å². The third kappa shape index (κ3) is 4.22. The van der Waals surface area contributed by atoms with E-state index < -0.39 is 8.07 Å². The molecule has 15 heavy (non-hydrogen) atoms. The number of methoxy groups -OCH3 is 1. The van der Waals surface area contributed by atoms with Crippen molar-refractivity contribution in [2.45, 2.75) is 26.1 Å². The quantitative estimate of drug-likeness (QED) is 0.547. The normalized spacial score (nSPS) is 10.4. The van der Waals surface area contributed by atoms with Crippen LogP contribution in [-0.2, 0) is 6.42 Å². The van der Waals surface area contributed by atoms with Crippen LogP contribution in [0.15, 0.2) is 24.3 Å². The molecule has 0 heterocycles. The molecule has 0 spiro atoms. The Morgan fingerprint density at radius 3 is 2.47 bits per heavy atom. The molecular formula is C13H18OSi. The van der Waals surface area contributed by atoms with Crippen molar-refractivity contribution in [3.05, 3.63) is 29.8 Å². The van der Waals surface area contributed by atoms with Crippen molar-refractivity contribution < 1.29 is 4.74 Å². The number of ether oxygens (including phenoxy) is 1. The first-order valence-corrected chi connectivity index (χ1v) is 8.65. The largest absolute Gasteiger partial charge is 0.496 e. The summed E-state index contributed by atoms with van der Waals surface area (Å²) in [5.41, 5.74) is 4.53. The van der Waals surface area contributed by atoms with E-state index in [-0.39, 0.29) is 0 Å². The van der Waals surface area contributed by atoms with Gasteiger partial charge >= 0.3 is 0 Å². The molecule has 0 aliphatic rings. The zero-order valence-corrected chi connectivity index (χ0v) is 10.9. The smallest absolute Gasteiger partial charge is 0.129 e. The summed E-state index contributed by atoms with van der Waals surface area (Å²) in [6, 6.07) is 8.05. The Bertz CT molecular complexity index is 380. The van der Waals surface area contributed by atoms with Gasteiger partial charge in [0.15, 0.2) is 0 Å². The van der Waals surface area contributed by atoms with E-state index in [1.807, 2.05) is 18.2 Å². The molecule has 1 nitrogen and oxygen atoms in total. The molecule has 0 N–H and O–H groups in total. The fourth-order valence-corrected chi connectivity index (χ4v) is 1.87. The van der Waals surface area contributed by atoms with Crippen LogP contribution in [0.1, 0.15) is 5.56 Å². The number of rotatable bonds is 2. The van der Waals surface area contributed by atoms with Gasteiger partial charge in [0.25, 0.3) is 0 Å². The highest BCUT2D eigenvalue weighted by Gasteiger charge is 2.07. The van der Waals surface area contributed by atoms with Crippen LogP contribution in [0.25, 0.3) is 0 Å². The standard InChI is InChI=1S/C13H18OSi/c1-14-13-10-6-5-8-12(13)9-7-11-15(2,3)4/h5-6,8,10H,9H2,1-4H3. The van der Waals surface area contributed by atoms with Gasteiger partial charge in [-0.2, -0.15) is 0 Å². The van der Waals surface area contributed by atoms with E-state index in [4.69, 9.17) is 4.74 Å². The second-order valence-electron chi connectivity index (χ2n) is 4.54. The molecule has 0 aromatic heterocycles. The van der Waals surface area contributed by atoms with E-state index in [0.29, 0.717) is 0 Å². The number of benzene rings is 1. The average molecular weight is 218 g/mol. The van der Waals surface area contributed by atoms with Gasteiger partial charge in [-0.05, 0) is 6.07 Å². The van der Waals surface area contributed by atoms with Crippen LogP contribution in [0.5, 0.6) is 5.75 Å². The topological polar surface area (TPSA) is 9.23 Å². The Hall–Kier alpha value is -1.20. The van der Waals surface area contributed by atoms with Gasteiger partial charge in [-0.15, -0.1) is 11.5 Å². The molecule has 0 saturated heterocycles. The Labute approximate surface area is 93.5 Å². The van der Waals surface area contributed by atoms with Crippen LogP contribution >= 0.6 is 0 Å². The molecule has 0 unspecified atom stereocenters. The lowest BCUT2D eigenvalue weighted by Gasteiger charge is -2.06. The fourth-order valence-electron chi connectivity index (χ4n) is 1.25. The maximum absolute atomic E-state index is 5.27. The van der Waals surface area contributed by atoms with Gasteiger partial charge in [-0.25, -0.2) is 0 Å². The summed E-state index contributed by atoms with van der Waals surface area (Å²) < 4.78 is 5.27. The molecule has 1 aromatic carbocycles. The van der Waals surface area contributed by atoms with E-state index in [2.05, 4.69) is 37.2 Å². The van der Waals surface area contributed by atoms with Crippen molar-refractivity contribution in [1.82, 2.24) is 0 Å². The van der Waals surface area contributed by atoms with Crippen LogP contribution < -0.4 is 4.74 Å². The molecule has 0 fully saturated rings. The van der Waals surface area contributed by atoms with Gasteiger partial charge in [-0.1, -0.05) is 37.8 Å². The van der Waals surface area contributed by atoms with Crippen molar-refractivity contribution in [3.8, 4) is 17.2 Å². The molecule has 0 aliphatic heterocycles. The first-order valence-electron chi connectivity index (χ1n) is 5.15. The Balaban J connectivity index is 2.76. The number of hydrogen-bond donors (Lipinski definition) is 0. The zero-order chi connectivity index (χ0) is 11.3. The molecular weight excluding hydrogens is 200 g/mol. The lowest BCUT2D eigenvalue weighted by molar-refractivity contribution is 0.411. The Kier molecular flexibility index (Phi) is 3.99. The van der Waals surface area contributed by atoms with Gasteiger partial charge in [-0.3, -0.25) is 0 Å². The van der Waals surface area contributed by atoms with Crippen LogP contribution in [0.4, 0.5) is 0 Å². The van der Waals surface area contributed by atoms with Crippen LogP contribution in [0.2, 0.25) is 19.6 Å². The van der Waals surface area contributed by atoms with Crippen molar-refractivity contribution in [2.75, 3.05) is 7.11 Å². The van der Waals surface area contributed by atoms with Crippen molar-refractivity contribution in [3.63, 3.8) is 0 Å². The highest BCUT2D eigenvalue weighted by molar-refractivity contribution is 6.83. The summed E-state index contributed by atoms with van der Waals surface area (Å²) in [6.07, 6.45) is 0.786. The molecule has 0 radical (unpaired) electrons. The van der Waals surface area contributed by atoms with E-state index in [0.717, 1.165) is 12.2 Å². The minimum absolute atomic E-state index is 0.786. The summed E-state index contributed by atoms with van der Waals surface area (Å²) in [5.74, 6) is 4.18. The van der Waals surface area contributed by atoms with Crippen molar-refractivity contribution in [2.24, 2.45) is 0 Å². The average Bonchev–Trinajstić information content (AvgIpc) is 2.16. The molecule has 1 aromatic rings. The summed E-state index contributed by atoms with van der Waals surface area (Å²) in [6.45, 7) is 6.76. The molecule has 1 rings (SSSR count). The Morgan fingerprint density at radius 1 is 1.20 bits per heavy atom. The first kappa shape index (κ1) is 11.9. The Morgan fingerprint density at radius 2 is 1.87 bits per heavy atom. The summed E-state index contributed by atoms with van der Waals surface area (Å²) in [7, 11) is 0.459. The third-order valence-corrected chi connectivity index (χ3v) is 2.86. The van der Waals surface area contributed by atoms with Crippen molar-refractivity contribution in [1.29, 1.82) is 0 Å². The molecule has 0 saturated carbocycles. The summed E-state index contributed by atoms with van der Waals surface area (Å²) in [5, 5.41) is 0. The molecule has 0 bridgehead atoms. The highest BCUT2D eigenvalue weighted by Crippen LogP contribution is 2.17. The van der Waals surface area contributed by atoms with Crippen LogP contribution in [-0.4, -0.2) is 15.2 Å². The SMILES string of the molecule is COc1ccccc1CC#C[Si](C)(C)C. The van der Waals surface area contributed by atoms with Gasteiger partial charge in [0.1, 0.15) is 13.8 Å². The number of para-hydroxylation sites is 1. The molecule has 0 aliphatic carbocycles. The predicted octanol–water partition coefficient (Wildman–Crippen LogP) is 3.12. The third-order valence-electron chi connectivity index (χ3n) is 1.93. The molecule has 80 valence electrons. The second kappa shape index (κ2) is 5.04. The van der Waals surface area contributed by atoms with Crippen molar-refractivity contribution >= 4 is 8.07 Å². The summed E-state index contributed by atoms with van der Waals surface area (Å²) in [4.78, 5) is 0. The zero-order valence-electron chi connectivity index (χ0n) is 9.92. The van der Waals surface area contributed by atoms with Gasteiger partial charge in [0.2, 0.25) is 0 Å². The van der Waals surface area contributed by atoms with Crippen LogP contribution in [0, 0.1) is 11.5 Å². The lowest BCUT2D eigenvalue weighted by atomic mass is 10.1.